The molecule has 0 bridgehead atoms. The van der Waals surface area contributed by atoms with Crippen molar-refractivity contribution in [3.8, 4) is 5.75 Å². The van der Waals surface area contributed by atoms with Gasteiger partial charge in [-0.05, 0) is 22.2 Å². The average Bonchev–Trinajstić information content (AvgIpc) is 2.17. The Balaban J connectivity index is 2.78. The smallest absolute Gasteiger partial charge is 0.119 e. The fourth-order valence-electron chi connectivity index (χ4n) is 1.18. The molecule has 0 aliphatic carbocycles. The zero-order valence-corrected chi connectivity index (χ0v) is 9.62. The molecule has 1 rings (SSSR count). The Bertz CT molecular complexity index is 323. The van der Waals surface area contributed by atoms with Crippen LogP contribution in [-0.2, 0) is 0 Å². The molecule has 0 spiro atoms. The van der Waals surface area contributed by atoms with Crippen molar-refractivity contribution in [2.45, 2.75) is 12.5 Å². The molecule has 2 nitrogen and oxygen atoms in total. The number of hydrogen-bond donors (Lipinski definition) is 1. The monoisotopic (exact) mass is 256 g/mol. The van der Waals surface area contributed by atoms with E-state index in [1.807, 2.05) is 24.3 Å². The summed E-state index contributed by atoms with van der Waals surface area (Å²) >= 11 is 3.22. The molecule has 0 aromatic heterocycles. The second-order valence-corrected chi connectivity index (χ2v) is 4.14. The number of hydrogen-bond acceptors (Lipinski definition) is 2. The minimum Gasteiger partial charge on any atom is -0.497 e. The van der Waals surface area contributed by atoms with E-state index in [9.17, 15) is 5.11 Å². The molecule has 0 fully saturated rings. The first-order chi connectivity index (χ1) is 6.63. The Hall–Kier alpha value is -0.800. The van der Waals surface area contributed by atoms with Gasteiger partial charge < -0.3 is 9.84 Å². The minimum absolute atomic E-state index is 0.507. The van der Waals surface area contributed by atoms with Crippen molar-refractivity contribution in [3.63, 3.8) is 0 Å². The second-order valence-electron chi connectivity index (χ2n) is 3.01. The molecule has 0 unspecified atom stereocenters. The normalized spacial score (nSPS) is 12.2. The first kappa shape index (κ1) is 11.3. The molecular weight excluding hydrogens is 244 g/mol. The Morgan fingerprint density at radius 3 is 2.93 bits per heavy atom. The number of rotatable bonds is 4. The van der Waals surface area contributed by atoms with Crippen molar-refractivity contribution < 1.29 is 9.84 Å². The molecule has 0 amide bonds. The third kappa shape index (κ3) is 3.16. The SMILES string of the molecule is C=C(Br)C[C@H](O)c1cccc(OC)c1. The molecule has 1 N–H and O–H groups in total. The second kappa shape index (κ2) is 5.17. The van der Waals surface area contributed by atoms with E-state index in [0.29, 0.717) is 6.42 Å². The van der Waals surface area contributed by atoms with E-state index >= 15 is 0 Å². The minimum atomic E-state index is -0.531. The van der Waals surface area contributed by atoms with E-state index in [4.69, 9.17) is 4.74 Å². The van der Waals surface area contributed by atoms with Crippen LogP contribution in [0.15, 0.2) is 35.3 Å². The van der Waals surface area contributed by atoms with Gasteiger partial charge in [-0.25, -0.2) is 0 Å². The maximum atomic E-state index is 9.76. The van der Waals surface area contributed by atoms with Crippen LogP contribution in [0.1, 0.15) is 18.1 Å². The summed E-state index contributed by atoms with van der Waals surface area (Å²) in [5, 5.41) is 9.76. The summed E-state index contributed by atoms with van der Waals surface area (Å²) in [4.78, 5) is 0. The maximum absolute atomic E-state index is 9.76. The van der Waals surface area contributed by atoms with Crippen LogP contribution in [0.25, 0.3) is 0 Å². The Morgan fingerprint density at radius 1 is 1.64 bits per heavy atom. The van der Waals surface area contributed by atoms with Gasteiger partial charge in [-0.3, -0.25) is 0 Å². The van der Waals surface area contributed by atoms with Gasteiger partial charge in [0.1, 0.15) is 5.75 Å². The standard InChI is InChI=1S/C11H13BrO2/c1-8(12)6-11(13)9-4-3-5-10(7-9)14-2/h3-5,7,11,13H,1,6H2,2H3/t11-/m0/s1. The highest BCUT2D eigenvalue weighted by molar-refractivity contribution is 9.11. The van der Waals surface area contributed by atoms with Crippen molar-refractivity contribution >= 4 is 15.9 Å². The van der Waals surface area contributed by atoms with Gasteiger partial charge in [0.15, 0.2) is 0 Å². The number of aliphatic hydroxyl groups is 1. The molecule has 1 aromatic carbocycles. The van der Waals surface area contributed by atoms with Crippen LogP contribution in [0.2, 0.25) is 0 Å². The summed E-state index contributed by atoms with van der Waals surface area (Å²) in [7, 11) is 1.61. The summed E-state index contributed by atoms with van der Waals surface area (Å²) in [5.41, 5.74) is 0.838. The predicted octanol–water partition coefficient (Wildman–Crippen LogP) is 3.03. The zero-order chi connectivity index (χ0) is 10.6. The molecule has 0 saturated carbocycles. The summed E-state index contributed by atoms with van der Waals surface area (Å²) in [6.07, 6.45) is -0.0235. The van der Waals surface area contributed by atoms with Crippen LogP contribution >= 0.6 is 15.9 Å². The summed E-state index contributed by atoms with van der Waals surface area (Å²) in [6.45, 7) is 3.69. The maximum Gasteiger partial charge on any atom is 0.119 e. The lowest BCUT2D eigenvalue weighted by Gasteiger charge is -2.10. The van der Waals surface area contributed by atoms with Gasteiger partial charge in [0.2, 0.25) is 0 Å². The third-order valence-corrected chi connectivity index (χ3v) is 2.22. The number of benzene rings is 1. The Labute approximate surface area is 92.3 Å². The van der Waals surface area contributed by atoms with Crippen molar-refractivity contribution in [2.24, 2.45) is 0 Å². The van der Waals surface area contributed by atoms with E-state index < -0.39 is 6.10 Å². The lowest BCUT2D eigenvalue weighted by Crippen LogP contribution is -1.97. The molecule has 1 aromatic rings. The average molecular weight is 257 g/mol. The highest BCUT2D eigenvalue weighted by atomic mass is 79.9. The molecular formula is C11H13BrO2. The van der Waals surface area contributed by atoms with Gasteiger partial charge >= 0.3 is 0 Å². The van der Waals surface area contributed by atoms with Crippen molar-refractivity contribution in [3.05, 3.63) is 40.9 Å². The highest BCUT2D eigenvalue weighted by Crippen LogP contribution is 2.25. The third-order valence-electron chi connectivity index (χ3n) is 1.89. The van der Waals surface area contributed by atoms with Gasteiger partial charge in [-0.15, -0.1) is 0 Å². The van der Waals surface area contributed by atoms with Gasteiger partial charge in [0, 0.05) is 6.42 Å². The van der Waals surface area contributed by atoms with Crippen LogP contribution in [0.3, 0.4) is 0 Å². The molecule has 0 saturated heterocycles. The first-order valence-electron chi connectivity index (χ1n) is 4.28. The first-order valence-corrected chi connectivity index (χ1v) is 5.08. The highest BCUT2D eigenvalue weighted by Gasteiger charge is 2.08. The van der Waals surface area contributed by atoms with Crippen LogP contribution in [0.5, 0.6) is 5.75 Å². The molecule has 0 radical (unpaired) electrons. The summed E-state index contributed by atoms with van der Waals surface area (Å²) < 4.78 is 5.85. The summed E-state index contributed by atoms with van der Waals surface area (Å²) in [6, 6.07) is 7.39. The van der Waals surface area contributed by atoms with Crippen molar-refractivity contribution in [1.29, 1.82) is 0 Å². The zero-order valence-electron chi connectivity index (χ0n) is 8.03. The van der Waals surface area contributed by atoms with E-state index in [1.54, 1.807) is 7.11 Å². The van der Waals surface area contributed by atoms with Crippen LogP contribution in [0.4, 0.5) is 0 Å². The van der Waals surface area contributed by atoms with Crippen LogP contribution in [-0.4, -0.2) is 12.2 Å². The number of halogens is 1. The van der Waals surface area contributed by atoms with E-state index in [2.05, 4.69) is 22.5 Å². The Kier molecular flexibility index (Phi) is 4.17. The molecule has 3 heteroatoms. The van der Waals surface area contributed by atoms with E-state index in [-0.39, 0.29) is 0 Å². The fraction of sp³-hybridized carbons (Fsp3) is 0.273. The molecule has 76 valence electrons. The van der Waals surface area contributed by atoms with Crippen LogP contribution < -0.4 is 4.74 Å². The van der Waals surface area contributed by atoms with Gasteiger partial charge in [0.05, 0.1) is 13.2 Å². The molecule has 14 heavy (non-hydrogen) atoms. The number of aliphatic hydroxyl groups excluding tert-OH is 1. The fourth-order valence-corrected chi connectivity index (χ4v) is 1.48. The van der Waals surface area contributed by atoms with Gasteiger partial charge in [-0.1, -0.05) is 34.6 Å². The lowest BCUT2D eigenvalue weighted by atomic mass is 10.1. The molecule has 0 aliphatic heterocycles. The summed E-state index contributed by atoms with van der Waals surface area (Å²) in [5.74, 6) is 0.752. The predicted molar refractivity (Wildman–Crippen MR) is 60.6 cm³/mol. The topological polar surface area (TPSA) is 29.5 Å². The van der Waals surface area contributed by atoms with E-state index in [0.717, 1.165) is 15.8 Å². The Morgan fingerprint density at radius 2 is 2.36 bits per heavy atom. The molecule has 0 heterocycles. The lowest BCUT2D eigenvalue weighted by molar-refractivity contribution is 0.180. The largest absolute Gasteiger partial charge is 0.497 e. The van der Waals surface area contributed by atoms with Crippen LogP contribution in [0, 0.1) is 0 Å². The molecule has 0 aliphatic rings. The number of ether oxygens (including phenoxy) is 1. The van der Waals surface area contributed by atoms with Crippen molar-refractivity contribution in [2.75, 3.05) is 7.11 Å². The van der Waals surface area contributed by atoms with Gasteiger partial charge in [-0.2, -0.15) is 0 Å². The number of methoxy groups -OCH3 is 1. The van der Waals surface area contributed by atoms with E-state index in [1.165, 1.54) is 0 Å². The quantitative estimate of drug-likeness (QED) is 0.898. The van der Waals surface area contributed by atoms with Crippen molar-refractivity contribution in [1.82, 2.24) is 0 Å². The van der Waals surface area contributed by atoms with Gasteiger partial charge in [0.25, 0.3) is 0 Å². The molecule has 1 atom stereocenters.